The Balaban J connectivity index is 1.82. The van der Waals surface area contributed by atoms with Crippen molar-refractivity contribution in [1.82, 2.24) is 15.5 Å². The van der Waals surface area contributed by atoms with Gasteiger partial charge in [-0.15, -0.1) is 0 Å². The van der Waals surface area contributed by atoms with Crippen molar-refractivity contribution in [3.05, 3.63) is 11.7 Å². The van der Waals surface area contributed by atoms with Crippen LogP contribution in [-0.2, 0) is 5.41 Å². The summed E-state index contributed by atoms with van der Waals surface area (Å²) in [6, 6.07) is 0. The van der Waals surface area contributed by atoms with E-state index < -0.39 is 0 Å². The van der Waals surface area contributed by atoms with Crippen molar-refractivity contribution >= 4 is 0 Å². The zero-order valence-corrected chi connectivity index (χ0v) is 11.2. The molecule has 3 rings (SSSR count). The molecule has 0 unspecified atom stereocenters. The molecule has 100 valence electrons. The summed E-state index contributed by atoms with van der Waals surface area (Å²) in [6.07, 6.45) is 8.41. The molecule has 0 spiro atoms. The molecule has 0 atom stereocenters. The summed E-state index contributed by atoms with van der Waals surface area (Å²) in [5.41, 5.74) is 0.148. The Morgan fingerprint density at radius 2 is 2.11 bits per heavy atom. The number of piperidine rings is 1. The fourth-order valence-corrected chi connectivity index (χ4v) is 3.24. The molecular formula is C14H23N3O. The zero-order valence-electron chi connectivity index (χ0n) is 11.2. The minimum absolute atomic E-state index is 0.148. The van der Waals surface area contributed by atoms with Crippen LogP contribution in [0, 0.1) is 0 Å². The Labute approximate surface area is 109 Å². The van der Waals surface area contributed by atoms with E-state index in [2.05, 4.69) is 17.4 Å². The predicted molar refractivity (Wildman–Crippen MR) is 69.6 cm³/mol. The topological polar surface area (TPSA) is 51.0 Å². The van der Waals surface area contributed by atoms with Crippen molar-refractivity contribution in [3.8, 4) is 0 Å². The van der Waals surface area contributed by atoms with Crippen LogP contribution in [0.2, 0.25) is 0 Å². The van der Waals surface area contributed by atoms with Crippen molar-refractivity contribution in [1.29, 1.82) is 0 Å². The maximum absolute atomic E-state index is 5.63. The fourth-order valence-electron chi connectivity index (χ4n) is 3.24. The Kier molecular flexibility index (Phi) is 3.37. The van der Waals surface area contributed by atoms with E-state index in [4.69, 9.17) is 9.51 Å². The maximum Gasteiger partial charge on any atom is 0.232 e. The van der Waals surface area contributed by atoms with Crippen molar-refractivity contribution < 1.29 is 4.52 Å². The van der Waals surface area contributed by atoms with Gasteiger partial charge in [0.05, 0.1) is 5.41 Å². The molecule has 1 N–H and O–H groups in total. The monoisotopic (exact) mass is 249 g/mol. The average Bonchev–Trinajstić information content (AvgIpc) is 2.78. The summed E-state index contributed by atoms with van der Waals surface area (Å²) < 4.78 is 5.63. The minimum atomic E-state index is 0.148. The van der Waals surface area contributed by atoms with Gasteiger partial charge in [-0.2, -0.15) is 4.98 Å². The van der Waals surface area contributed by atoms with Gasteiger partial charge in [0.1, 0.15) is 0 Å². The molecule has 0 bridgehead atoms. The van der Waals surface area contributed by atoms with Crippen LogP contribution < -0.4 is 5.32 Å². The van der Waals surface area contributed by atoms with Crippen LogP contribution in [0.25, 0.3) is 0 Å². The lowest BCUT2D eigenvalue weighted by Crippen LogP contribution is -2.40. The Hall–Kier alpha value is -0.900. The summed E-state index contributed by atoms with van der Waals surface area (Å²) >= 11 is 0. The molecule has 1 aliphatic heterocycles. The van der Waals surface area contributed by atoms with Gasteiger partial charge in [0.25, 0.3) is 0 Å². The highest BCUT2D eigenvalue weighted by molar-refractivity contribution is 5.10. The van der Waals surface area contributed by atoms with E-state index in [0.29, 0.717) is 5.92 Å². The third kappa shape index (κ3) is 2.07. The largest absolute Gasteiger partial charge is 0.339 e. The highest BCUT2D eigenvalue weighted by Crippen LogP contribution is 2.39. The van der Waals surface area contributed by atoms with Crippen molar-refractivity contribution in [2.75, 3.05) is 13.1 Å². The van der Waals surface area contributed by atoms with Crippen LogP contribution in [0.3, 0.4) is 0 Å². The van der Waals surface area contributed by atoms with E-state index in [-0.39, 0.29) is 5.41 Å². The summed E-state index contributed by atoms with van der Waals surface area (Å²) in [5, 5.41) is 7.66. The molecule has 2 fully saturated rings. The van der Waals surface area contributed by atoms with Gasteiger partial charge in [0, 0.05) is 5.92 Å². The first-order valence-corrected chi connectivity index (χ1v) is 7.39. The van der Waals surface area contributed by atoms with Gasteiger partial charge in [-0.1, -0.05) is 24.9 Å². The first-order valence-electron chi connectivity index (χ1n) is 7.39. The highest BCUT2D eigenvalue weighted by Gasteiger charge is 2.39. The molecule has 18 heavy (non-hydrogen) atoms. The molecule has 0 aromatic carbocycles. The quantitative estimate of drug-likeness (QED) is 0.891. The molecule has 0 amide bonds. The van der Waals surface area contributed by atoms with E-state index in [9.17, 15) is 0 Å². The average molecular weight is 249 g/mol. The Bertz CT molecular complexity index is 386. The van der Waals surface area contributed by atoms with Crippen molar-refractivity contribution in [2.24, 2.45) is 0 Å². The molecule has 1 aromatic rings. The lowest BCUT2D eigenvalue weighted by molar-refractivity contribution is 0.207. The highest BCUT2D eigenvalue weighted by atomic mass is 16.5. The Morgan fingerprint density at radius 3 is 2.72 bits per heavy atom. The number of aromatic nitrogens is 2. The van der Waals surface area contributed by atoms with E-state index >= 15 is 0 Å². The van der Waals surface area contributed by atoms with Crippen molar-refractivity contribution in [3.63, 3.8) is 0 Å². The second kappa shape index (κ2) is 5.00. The first kappa shape index (κ1) is 12.2. The minimum Gasteiger partial charge on any atom is -0.339 e. The SMILES string of the molecule is CCCC1(c2nc(C3CCC3)no2)CCNCC1. The molecule has 1 saturated carbocycles. The molecule has 0 radical (unpaired) electrons. The lowest BCUT2D eigenvalue weighted by Gasteiger charge is -2.34. The van der Waals surface area contributed by atoms with Crippen LogP contribution in [-0.4, -0.2) is 23.2 Å². The summed E-state index contributed by atoms with van der Waals surface area (Å²) in [7, 11) is 0. The second-order valence-corrected chi connectivity index (χ2v) is 5.87. The van der Waals surface area contributed by atoms with Gasteiger partial charge >= 0.3 is 0 Å². The summed E-state index contributed by atoms with van der Waals surface area (Å²) in [4.78, 5) is 4.74. The molecule has 2 heterocycles. The maximum atomic E-state index is 5.63. The molecule has 2 aliphatic rings. The number of hydrogen-bond acceptors (Lipinski definition) is 4. The van der Waals surface area contributed by atoms with E-state index in [1.165, 1.54) is 32.1 Å². The fraction of sp³-hybridized carbons (Fsp3) is 0.857. The number of nitrogens with one attached hydrogen (secondary N) is 1. The molecular weight excluding hydrogens is 226 g/mol. The van der Waals surface area contributed by atoms with Crippen LogP contribution in [0.15, 0.2) is 4.52 Å². The predicted octanol–water partition coefficient (Wildman–Crippen LogP) is 2.76. The third-order valence-electron chi connectivity index (χ3n) is 4.65. The molecule has 4 nitrogen and oxygen atoms in total. The first-order chi connectivity index (χ1) is 8.84. The van der Waals surface area contributed by atoms with Gasteiger partial charge in [-0.3, -0.25) is 0 Å². The molecule has 1 aliphatic carbocycles. The Morgan fingerprint density at radius 1 is 1.33 bits per heavy atom. The lowest BCUT2D eigenvalue weighted by atomic mass is 9.75. The van der Waals surface area contributed by atoms with Crippen molar-refractivity contribution in [2.45, 2.75) is 63.2 Å². The van der Waals surface area contributed by atoms with E-state index in [1.807, 2.05) is 0 Å². The van der Waals surface area contributed by atoms with Crippen LogP contribution >= 0.6 is 0 Å². The number of nitrogens with zero attached hydrogens (tertiary/aromatic N) is 2. The van der Waals surface area contributed by atoms with Crippen LogP contribution in [0.4, 0.5) is 0 Å². The summed E-state index contributed by atoms with van der Waals surface area (Å²) in [6.45, 7) is 4.38. The smallest absolute Gasteiger partial charge is 0.232 e. The van der Waals surface area contributed by atoms with Crippen LogP contribution in [0.1, 0.15) is 69.5 Å². The molecule has 4 heteroatoms. The normalized spacial score (nSPS) is 23.8. The van der Waals surface area contributed by atoms with Gasteiger partial charge in [0.2, 0.25) is 5.89 Å². The molecule has 1 aromatic heterocycles. The van der Waals surface area contributed by atoms with E-state index in [1.54, 1.807) is 0 Å². The summed E-state index contributed by atoms with van der Waals surface area (Å²) in [5.74, 6) is 2.45. The standard InChI is InChI=1S/C14H23N3O/c1-2-6-14(7-9-15-10-8-14)13-16-12(17-18-13)11-4-3-5-11/h11,15H,2-10H2,1H3. The van der Waals surface area contributed by atoms with E-state index in [0.717, 1.165) is 37.6 Å². The number of hydrogen-bond donors (Lipinski definition) is 1. The van der Waals surface area contributed by atoms with Crippen LogP contribution in [0.5, 0.6) is 0 Å². The zero-order chi connectivity index (χ0) is 12.4. The second-order valence-electron chi connectivity index (χ2n) is 5.87. The van der Waals surface area contributed by atoms with Gasteiger partial charge < -0.3 is 9.84 Å². The third-order valence-corrected chi connectivity index (χ3v) is 4.65. The number of rotatable bonds is 4. The van der Waals surface area contributed by atoms with Gasteiger partial charge in [0.15, 0.2) is 5.82 Å². The van der Waals surface area contributed by atoms with Gasteiger partial charge in [-0.05, 0) is 45.2 Å². The van der Waals surface area contributed by atoms with Gasteiger partial charge in [-0.25, -0.2) is 0 Å². The molecule has 1 saturated heterocycles.